The van der Waals surface area contributed by atoms with Crippen LogP contribution in [-0.4, -0.2) is 11.5 Å². The predicted octanol–water partition coefficient (Wildman–Crippen LogP) is 3.82. The molecular formula is C10H12ClF3N2. The summed E-state index contributed by atoms with van der Waals surface area (Å²) in [5.41, 5.74) is -0.793. The van der Waals surface area contributed by atoms with Crippen LogP contribution in [0.15, 0.2) is 12.1 Å². The van der Waals surface area contributed by atoms with Crippen molar-refractivity contribution in [2.45, 2.75) is 20.0 Å². The van der Waals surface area contributed by atoms with E-state index in [-0.39, 0.29) is 11.0 Å². The third-order valence-electron chi connectivity index (χ3n) is 1.81. The van der Waals surface area contributed by atoms with Gasteiger partial charge in [0.2, 0.25) is 0 Å². The second-order valence-electron chi connectivity index (χ2n) is 3.84. The first-order valence-electron chi connectivity index (χ1n) is 4.77. The molecular weight excluding hydrogens is 241 g/mol. The Bertz CT molecular complexity index is 364. The average Bonchev–Trinajstić information content (AvgIpc) is 2.12. The topological polar surface area (TPSA) is 24.9 Å². The number of anilines is 1. The summed E-state index contributed by atoms with van der Waals surface area (Å²) in [5, 5.41) is 2.64. The SMILES string of the molecule is CC(C)CNc1cc(C(F)(F)F)cc(Cl)n1. The van der Waals surface area contributed by atoms with Crippen LogP contribution in [0.25, 0.3) is 0 Å². The molecule has 0 saturated heterocycles. The molecule has 0 spiro atoms. The van der Waals surface area contributed by atoms with Gasteiger partial charge >= 0.3 is 6.18 Å². The Hall–Kier alpha value is -0.970. The summed E-state index contributed by atoms with van der Waals surface area (Å²) >= 11 is 5.52. The number of hydrogen-bond donors (Lipinski definition) is 1. The lowest BCUT2D eigenvalue weighted by atomic mass is 10.2. The highest BCUT2D eigenvalue weighted by molar-refractivity contribution is 6.29. The van der Waals surface area contributed by atoms with Crippen LogP contribution in [0.1, 0.15) is 19.4 Å². The Kier molecular flexibility index (Phi) is 4.02. The third kappa shape index (κ3) is 3.89. The first-order chi connectivity index (χ1) is 7.29. The Morgan fingerprint density at radius 1 is 1.38 bits per heavy atom. The van der Waals surface area contributed by atoms with Gasteiger partial charge < -0.3 is 5.32 Å². The average molecular weight is 253 g/mol. The Balaban J connectivity index is 2.90. The summed E-state index contributed by atoms with van der Waals surface area (Å²) < 4.78 is 37.3. The fraction of sp³-hybridized carbons (Fsp3) is 0.500. The highest BCUT2D eigenvalue weighted by atomic mass is 35.5. The summed E-state index contributed by atoms with van der Waals surface area (Å²) in [4.78, 5) is 3.77. The lowest BCUT2D eigenvalue weighted by Crippen LogP contribution is -2.11. The number of pyridine rings is 1. The zero-order valence-corrected chi connectivity index (χ0v) is 9.65. The van der Waals surface area contributed by atoms with Crippen molar-refractivity contribution >= 4 is 17.4 Å². The first kappa shape index (κ1) is 13.1. The Morgan fingerprint density at radius 2 is 2.00 bits per heavy atom. The molecule has 90 valence electrons. The van der Waals surface area contributed by atoms with E-state index in [0.29, 0.717) is 12.5 Å². The fourth-order valence-electron chi connectivity index (χ4n) is 1.06. The standard InChI is InChI=1S/C10H12ClF3N2/c1-6(2)5-15-9-4-7(10(12,13)14)3-8(11)16-9/h3-4,6H,5H2,1-2H3,(H,15,16). The molecule has 1 heterocycles. The van der Waals surface area contributed by atoms with Gasteiger partial charge in [0.05, 0.1) is 5.56 Å². The normalized spacial score (nSPS) is 11.9. The molecule has 2 nitrogen and oxygen atoms in total. The van der Waals surface area contributed by atoms with Crippen LogP contribution >= 0.6 is 11.6 Å². The zero-order valence-electron chi connectivity index (χ0n) is 8.90. The summed E-state index contributed by atoms with van der Waals surface area (Å²) in [5.74, 6) is 0.462. The molecule has 1 aromatic rings. The van der Waals surface area contributed by atoms with E-state index in [1.165, 1.54) is 0 Å². The Morgan fingerprint density at radius 3 is 2.50 bits per heavy atom. The monoisotopic (exact) mass is 252 g/mol. The highest BCUT2D eigenvalue weighted by Crippen LogP contribution is 2.31. The van der Waals surface area contributed by atoms with Gasteiger partial charge in [0, 0.05) is 6.54 Å². The van der Waals surface area contributed by atoms with E-state index in [1.54, 1.807) is 0 Å². The van der Waals surface area contributed by atoms with Crippen LogP contribution in [0, 0.1) is 5.92 Å². The maximum Gasteiger partial charge on any atom is 0.416 e. The van der Waals surface area contributed by atoms with Crippen molar-refractivity contribution in [1.82, 2.24) is 4.98 Å². The lowest BCUT2D eigenvalue weighted by molar-refractivity contribution is -0.137. The van der Waals surface area contributed by atoms with Gasteiger partial charge in [-0.2, -0.15) is 13.2 Å². The van der Waals surface area contributed by atoms with Gasteiger partial charge in [0.25, 0.3) is 0 Å². The number of aromatic nitrogens is 1. The number of halogens is 4. The molecule has 0 fully saturated rings. The van der Waals surface area contributed by atoms with Gasteiger partial charge in [-0.15, -0.1) is 0 Å². The van der Waals surface area contributed by atoms with Crippen LogP contribution in [-0.2, 0) is 6.18 Å². The molecule has 6 heteroatoms. The maximum absolute atomic E-state index is 12.4. The molecule has 0 amide bonds. The number of alkyl halides is 3. The third-order valence-corrected chi connectivity index (χ3v) is 2.01. The van der Waals surface area contributed by atoms with Gasteiger partial charge in [-0.05, 0) is 18.1 Å². The molecule has 0 aromatic carbocycles. The van der Waals surface area contributed by atoms with Crippen LogP contribution in [0.3, 0.4) is 0 Å². The molecule has 0 aliphatic heterocycles. The smallest absolute Gasteiger partial charge is 0.370 e. The van der Waals surface area contributed by atoms with Crippen molar-refractivity contribution in [3.63, 3.8) is 0 Å². The van der Waals surface area contributed by atoms with Crippen LogP contribution in [0.4, 0.5) is 19.0 Å². The van der Waals surface area contributed by atoms with Crippen molar-refractivity contribution in [2.75, 3.05) is 11.9 Å². The minimum absolute atomic E-state index is 0.147. The van der Waals surface area contributed by atoms with E-state index in [9.17, 15) is 13.2 Å². The van der Waals surface area contributed by atoms with E-state index in [4.69, 9.17) is 11.6 Å². The van der Waals surface area contributed by atoms with Crippen LogP contribution in [0.2, 0.25) is 5.15 Å². The number of rotatable bonds is 3. The van der Waals surface area contributed by atoms with Crippen molar-refractivity contribution < 1.29 is 13.2 Å². The molecule has 0 radical (unpaired) electrons. The van der Waals surface area contributed by atoms with Crippen molar-refractivity contribution in [2.24, 2.45) is 5.92 Å². The second-order valence-corrected chi connectivity index (χ2v) is 4.22. The molecule has 0 unspecified atom stereocenters. The summed E-state index contributed by atoms with van der Waals surface area (Å²) in [6.45, 7) is 4.44. The van der Waals surface area contributed by atoms with Crippen molar-refractivity contribution in [1.29, 1.82) is 0 Å². The van der Waals surface area contributed by atoms with E-state index in [0.717, 1.165) is 12.1 Å². The highest BCUT2D eigenvalue weighted by Gasteiger charge is 2.31. The fourth-order valence-corrected chi connectivity index (χ4v) is 1.27. The minimum atomic E-state index is -4.40. The number of hydrogen-bond acceptors (Lipinski definition) is 2. The number of nitrogens with zero attached hydrogens (tertiary/aromatic N) is 1. The van der Waals surface area contributed by atoms with Gasteiger partial charge in [0.1, 0.15) is 11.0 Å². The quantitative estimate of drug-likeness (QED) is 0.827. The zero-order chi connectivity index (χ0) is 12.3. The predicted molar refractivity (Wildman–Crippen MR) is 57.6 cm³/mol. The largest absolute Gasteiger partial charge is 0.416 e. The van der Waals surface area contributed by atoms with E-state index in [2.05, 4.69) is 10.3 Å². The molecule has 0 bridgehead atoms. The van der Waals surface area contributed by atoms with Crippen LogP contribution in [0.5, 0.6) is 0 Å². The summed E-state index contributed by atoms with van der Waals surface area (Å²) in [6.07, 6.45) is -4.40. The van der Waals surface area contributed by atoms with E-state index < -0.39 is 11.7 Å². The van der Waals surface area contributed by atoms with E-state index >= 15 is 0 Å². The summed E-state index contributed by atoms with van der Waals surface area (Å²) in [6, 6.07) is 1.76. The van der Waals surface area contributed by atoms with E-state index in [1.807, 2.05) is 13.8 Å². The molecule has 0 aliphatic carbocycles. The number of nitrogens with one attached hydrogen (secondary N) is 1. The van der Waals surface area contributed by atoms with Crippen molar-refractivity contribution in [3.8, 4) is 0 Å². The molecule has 0 saturated carbocycles. The molecule has 1 aromatic heterocycles. The molecule has 16 heavy (non-hydrogen) atoms. The summed E-state index contributed by atoms with van der Waals surface area (Å²) in [7, 11) is 0. The lowest BCUT2D eigenvalue weighted by Gasteiger charge is -2.11. The second kappa shape index (κ2) is 4.91. The maximum atomic E-state index is 12.4. The molecule has 1 N–H and O–H groups in total. The molecule has 0 atom stereocenters. The molecule has 0 aliphatic rings. The van der Waals surface area contributed by atoms with Gasteiger partial charge in [-0.1, -0.05) is 25.4 Å². The van der Waals surface area contributed by atoms with Crippen molar-refractivity contribution in [3.05, 3.63) is 22.8 Å². The van der Waals surface area contributed by atoms with Crippen LogP contribution < -0.4 is 5.32 Å². The first-order valence-corrected chi connectivity index (χ1v) is 5.15. The van der Waals surface area contributed by atoms with Gasteiger partial charge in [-0.3, -0.25) is 0 Å². The van der Waals surface area contributed by atoms with Gasteiger partial charge in [0.15, 0.2) is 0 Å². The van der Waals surface area contributed by atoms with Gasteiger partial charge in [-0.25, -0.2) is 4.98 Å². The Labute approximate surface area is 96.8 Å². The molecule has 1 rings (SSSR count). The minimum Gasteiger partial charge on any atom is -0.370 e.